The lowest BCUT2D eigenvalue weighted by atomic mass is 10.0. The normalized spacial score (nSPS) is 11.6. The van der Waals surface area contributed by atoms with Gasteiger partial charge in [0.05, 0.1) is 7.11 Å². The van der Waals surface area contributed by atoms with Gasteiger partial charge in [-0.1, -0.05) is 24.3 Å². The SMILES string of the molecule is COc1ccccc1C(NCc1cccnc1)C(=O)NCc1ccncc1. The van der Waals surface area contributed by atoms with Gasteiger partial charge in [0.2, 0.25) is 5.91 Å². The van der Waals surface area contributed by atoms with E-state index in [-0.39, 0.29) is 5.91 Å². The van der Waals surface area contributed by atoms with Crippen LogP contribution < -0.4 is 15.4 Å². The molecule has 3 rings (SSSR count). The van der Waals surface area contributed by atoms with Crippen molar-refractivity contribution < 1.29 is 9.53 Å². The molecule has 2 aromatic heterocycles. The summed E-state index contributed by atoms with van der Waals surface area (Å²) in [7, 11) is 1.60. The summed E-state index contributed by atoms with van der Waals surface area (Å²) in [5.74, 6) is 0.542. The molecule has 0 saturated carbocycles. The van der Waals surface area contributed by atoms with Crippen molar-refractivity contribution in [1.29, 1.82) is 0 Å². The van der Waals surface area contributed by atoms with Crippen molar-refractivity contribution in [3.8, 4) is 5.75 Å². The maximum Gasteiger partial charge on any atom is 0.242 e. The van der Waals surface area contributed by atoms with E-state index in [1.807, 2.05) is 48.5 Å². The molecule has 0 bridgehead atoms. The molecule has 6 heteroatoms. The number of aromatic nitrogens is 2. The number of nitrogens with one attached hydrogen (secondary N) is 2. The third kappa shape index (κ3) is 5.12. The molecule has 3 aromatic rings. The van der Waals surface area contributed by atoms with E-state index in [1.54, 1.807) is 31.9 Å². The monoisotopic (exact) mass is 362 g/mol. The van der Waals surface area contributed by atoms with Crippen LogP contribution in [-0.2, 0) is 17.9 Å². The van der Waals surface area contributed by atoms with E-state index in [4.69, 9.17) is 4.74 Å². The molecule has 1 atom stereocenters. The molecule has 1 aromatic carbocycles. The van der Waals surface area contributed by atoms with Gasteiger partial charge in [-0.3, -0.25) is 20.1 Å². The van der Waals surface area contributed by atoms with E-state index in [9.17, 15) is 4.79 Å². The molecule has 0 aliphatic heterocycles. The Morgan fingerprint density at radius 2 is 1.78 bits per heavy atom. The number of benzene rings is 1. The second-order valence-corrected chi connectivity index (χ2v) is 5.99. The molecule has 27 heavy (non-hydrogen) atoms. The van der Waals surface area contributed by atoms with Crippen molar-refractivity contribution in [2.24, 2.45) is 0 Å². The van der Waals surface area contributed by atoms with E-state index < -0.39 is 6.04 Å². The first-order valence-corrected chi connectivity index (χ1v) is 8.69. The van der Waals surface area contributed by atoms with E-state index in [0.717, 1.165) is 16.7 Å². The minimum absolute atomic E-state index is 0.125. The summed E-state index contributed by atoms with van der Waals surface area (Å²) in [5.41, 5.74) is 2.78. The Morgan fingerprint density at radius 3 is 2.52 bits per heavy atom. The molecule has 0 spiro atoms. The van der Waals surface area contributed by atoms with Gasteiger partial charge in [0, 0.05) is 43.4 Å². The summed E-state index contributed by atoms with van der Waals surface area (Å²) in [4.78, 5) is 21.1. The van der Waals surface area contributed by atoms with Crippen LogP contribution in [0.15, 0.2) is 73.3 Å². The summed E-state index contributed by atoms with van der Waals surface area (Å²) in [6, 6.07) is 14.6. The molecule has 0 aliphatic rings. The van der Waals surface area contributed by atoms with Gasteiger partial charge >= 0.3 is 0 Å². The minimum Gasteiger partial charge on any atom is -0.496 e. The molecule has 138 valence electrons. The number of rotatable bonds is 8. The Labute approximate surface area is 158 Å². The number of pyridine rings is 2. The van der Waals surface area contributed by atoms with Gasteiger partial charge in [-0.05, 0) is 35.4 Å². The van der Waals surface area contributed by atoms with Crippen LogP contribution in [0.4, 0.5) is 0 Å². The van der Waals surface area contributed by atoms with Gasteiger partial charge in [-0.2, -0.15) is 0 Å². The number of nitrogens with zero attached hydrogens (tertiary/aromatic N) is 2. The lowest BCUT2D eigenvalue weighted by molar-refractivity contribution is -0.123. The summed E-state index contributed by atoms with van der Waals surface area (Å²) < 4.78 is 5.45. The van der Waals surface area contributed by atoms with Crippen LogP contribution in [0.2, 0.25) is 0 Å². The molecule has 6 nitrogen and oxygen atoms in total. The number of carbonyl (C=O) groups excluding carboxylic acids is 1. The van der Waals surface area contributed by atoms with Crippen LogP contribution in [0, 0.1) is 0 Å². The highest BCUT2D eigenvalue weighted by Gasteiger charge is 2.23. The number of amides is 1. The van der Waals surface area contributed by atoms with E-state index >= 15 is 0 Å². The predicted molar refractivity (Wildman–Crippen MR) is 103 cm³/mol. The van der Waals surface area contributed by atoms with E-state index in [2.05, 4.69) is 20.6 Å². The average molecular weight is 362 g/mol. The standard InChI is InChI=1S/C21H22N4O2/c1-27-19-7-3-2-6-18(19)20(24-15-17-5-4-10-23-13-17)21(26)25-14-16-8-11-22-12-9-16/h2-13,20,24H,14-15H2,1H3,(H,25,26). The van der Waals surface area contributed by atoms with Gasteiger partial charge in [0.1, 0.15) is 11.8 Å². The minimum atomic E-state index is -0.553. The fourth-order valence-corrected chi connectivity index (χ4v) is 2.76. The Bertz CT molecular complexity index is 856. The maximum absolute atomic E-state index is 12.9. The summed E-state index contributed by atoms with van der Waals surface area (Å²) in [6.45, 7) is 0.945. The number of hydrogen-bond donors (Lipinski definition) is 2. The molecule has 2 N–H and O–H groups in total. The van der Waals surface area contributed by atoms with Gasteiger partial charge in [0.25, 0.3) is 0 Å². The van der Waals surface area contributed by atoms with Gasteiger partial charge in [-0.15, -0.1) is 0 Å². The van der Waals surface area contributed by atoms with Crippen LogP contribution in [0.25, 0.3) is 0 Å². The third-order valence-corrected chi connectivity index (χ3v) is 4.16. The van der Waals surface area contributed by atoms with Crippen LogP contribution in [0.3, 0.4) is 0 Å². The number of hydrogen-bond acceptors (Lipinski definition) is 5. The van der Waals surface area contributed by atoms with Crippen LogP contribution >= 0.6 is 0 Å². The lowest BCUT2D eigenvalue weighted by Crippen LogP contribution is -2.37. The molecule has 0 aliphatic carbocycles. The first-order chi connectivity index (χ1) is 13.3. The highest BCUT2D eigenvalue weighted by Crippen LogP contribution is 2.25. The van der Waals surface area contributed by atoms with Crippen molar-refractivity contribution in [2.75, 3.05) is 7.11 Å². The summed E-state index contributed by atoms with van der Waals surface area (Å²) >= 11 is 0. The smallest absolute Gasteiger partial charge is 0.242 e. The van der Waals surface area contributed by atoms with E-state index in [0.29, 0.717) is 18.8 Å². The summed E-state index contributed by atoms with van der Waals surface area (Å²) in [6.07, 6.45) is 6.92. The Morgan fingerprint density at radius 1 is 0.963 bits per heavy atom. The van der Waals surface area contributed by atoms with Gasteiger partial charge in [-0.25, -0.2) is 0 Å². The highest BCUT2D eigenvalue weighted by molar-refractivity contribution is 5.84. The second-order valence-electron chi connectivity index (χ2n) is 5.99. The zero-order valence-electron chi connectivity index (χ0n) is 15.1. The van der Waals surface area contributed by atoms with E-state index in [1.165, 1.54) is 0 Å². The predicted octanol–water partition coefficient (Wildman–Crippen LogP) is 2.63. The first-order valence-electron chi connectivity index (χ1n) is 8.69. The number of ether oxygens (including phenoxy) is 1. The molecule has 1 amide bonds. The molecule has 0 fully saturated rings. The van der Waals surface area contributed by atoms with Gasteiger partial charge in [0.15, 0.2) is 0 Å². The molecule has 1 unspecified atom stereocenters. The quantitative estimate of drug-likeness (QED) is 0.644. The van der Waals surface area contributed by atoms with Crippen LogP contribution in [0.5, 0.6) is 5.75 Å². The first kappa shape index (κ1) is 18.5. The zero-order chi connectivity index (χ0) is 18.9. The molecular weight excluding hydrogens is 340 g/mol. The van der Waals surface area contributed by atoms with Crippen molar-refractivity contribution >= 4 is 5.91 Å². The van der Waals surface area contributed by atoms with Crippen molar-refractivity contribution in [1.82, 2.24) is 20.6 Å². The molecule has 2 heterocycles. The molecule has 0 radical (unpaired) electrons. The van der Waals surface area contributed by atoms with Crippen molar-refractivity contribution in [2.45, 2.75) is 19.1 Å². The average Bonchev–Trinajstić information content (AvgIpc) is 2.74. The topological polar surface area (TPSA) is 76.1 Å². The Hall–Kier alpha value is -3.25. The largest absolute Gasteiger partial charge is 0.496 e. The fourth-order valence-electron chi connectivity index (χ4n) is 2.76. The zero-order valence-corrected chi connectivity index (χ0v) is 15.1. The Balaban J connectivity index is 1.76. The second kappa shape index (κ2) is 9.45. The summed E-state index contributed by atoms with van der Waals surface area (Å²) in [5, 5.41) is 6.30. The van der Waals surface area contributed by atoms with Crippen molar-refractivity contribution in [3.63, 3.8) is 0 Å². The molecule has 0 saturated heterocycles. The number of methoxy groups -OCH3 is 1. The number of carbonyl (C=O) groups is 1. The van der Waals surface area contributed by atoms with Crippen LogP contribution in [0.1, 0.15) is 22.7 Å². The van der Waals surface area contributed by atoms with Gasteiger partial charge < -0.3 is 10.1 Å². The van der Waals surface area contributed by atoms with Crippen LogP contribution in [-0.4, -0.2) is 23.0 Å². The fraction of sp³-hybridized carbons (Fsp3) is 0.190. The van der Waals surface area contributed by atoms with Crippen molar-refractivity contribution in [3.05, 3.63) is 90.0 Å². The molecular formula is C21H22N4O2. The highest BCUT2D eigenvalue weighted by atomic mass is 16.5. The maximum atomic E-state index is 12.9. The Kier molecular flexibility index (Phi) is 6.49. The lowest BCUT2D eigenvalue weighted by Gasteiger charge is -2.21. The number of para-hydroxylation sites is 1. The third-order valence-electron chi connectivity index (χ3n) is 4.16.